The first kappa shape index (κ1) is 16.1. The number of fused-ring (bicyclic) bond motifs is 1. The topological polar surface area (TPSA) is 47.3 Å². The van der Waals surface area contributed by atoms with Crippen molar-refractivity contribution in [3.8, 4) is 5.75 Å². The largest absolute Gasteiger partial charge is 0.489 e. The maximum atomic E-state index is 13.2. The molecule has 130 valence electrons. The zero-order valence-electron chi connectivity index (χ0n) is 14.0. The number of nitrogens with one attached hydrogen (secondary N) is 1. The summed E-state index contributed by atoms with van der Waals surface area (Å²) in [6.07, 6.45) is 0. The number of hydrogen-bond donors (Lipinski definition) is 1. The minimum Gasteiger partial charge on any atom is -0.489 e. The summed E-state index contributed by atoms with van der Waals surface area (Å²) in [5, 5.41) is 7.94. The number of anilines is 1. The van der Waals surface area contributed by atoms with Crippen molar-refractivity contribution in [1.82, 2.24) is 5.16 Å². The third-order valence-electron chi connectivity index (χ3n) is 4.04. The number of benzene rings is 3. The second kappa shape index (κ2) is 7.27. The highest BCUT2D eigenvalue weighted by atomic mass is 19.1. The molecule has 0 radical (unpaired) electrons. The van der Waals surface area contributed by atoms with Crippen molar-refractivity contribution in [2.24, 2.45) is 0 Å². The zero-order chi connectivity index (χ0) is 17.8. The Morgan fingerprint density at radius 3 is 2.65 bits per heavy atom. The van der Waals surface area contributed by atoms with E-state index in [-0.39, 0.29) is 5.82 Å². The van der Waals surface area contributed by atoms with E-state index in [4.69, 9.17) is 9.26 Å². The molecule has 0 saturated heterocycles. The Balaban J connectivity index is 1.42. The minimum atomic E-state index is -0.344. The molecular formula is C21H17FN2O2. The van der Waals surface area contributed by atoms with E-state index in [1.807, 2.05) is 54.6 Å². The molecule has 4 aromatic rings. The highest BCUT2D eigenvalue weighted by Gasteiger charge is 2.08. The van der Waals surface area contributed by atoms with Crippen LogP contribution in [0.2, 0.25) is 0 Å². The van der Waals surface area contributed by atoms with Gasteiger partial charge in [-0.25, -0.2) is 4.39 Å². The number of hydrogen-bond acceptors (Lipinski definition) is 4. The van der Waals surface area contributed by atoms with E-state index in [9.17, 15) is 4.39 Å². The number of nitrogens with zero attached hydrogens (tertiary/aromatic N) is 1. The third kappa shape index (κ3) is 3.67. The van der Waals surface area contributed by atoms with Crippen molar-refractivity contribution in [3.63, 3.8) is 0 Å². The van der Waals surface area contributed by atoms with Gasteiger partial charge in [0.15, 0.2) is 11.4 Å². The maximum Gasteiger partial charge on any atom is 0.177 e. The van der Waals surface area contributed by atoms with Crippen LogP contribution in [0.15, 0.2) is 77.3 Å². The van der Waals surface area contributed by atoms with Gasteiger partial charge in [0, 0.05) is 12.6 Å². The van der Waals surface area contributed by atoms with Gasteiger partial charge in [-0.3, -0.25) is 0 Å². The molecular weight excluding hydrogens is 331 g/mol. The van der Waals surface area contributed by atoms with Gasteiger partial charge in [-0.05, 0) is 35.4 Å². The van der Waals surface area contributed by atoms with E-state index in [1.54, 1.807) is 6.07 Å². The van der Waals surface area contributed by atoms with Crippen LogP contribution < -0.4 is 10.1 Å². The predicted octanol–water partition coefficient (Wildman–Crippen LogP) is 5.16. The molecule has 4 nitrogen and oxygen atoms in total. The van der Waals surface area contributed by atoms with Crippen LogP contribution in [0.3, 0.4) is 0 Å². The molecule has 0 fully saturated rings. The lowest BCUT2D eigenvalue weighted by Gasteiger charge is -2.09. The molecule has 5 heteroatoms. The van der Waals surface area contributed by atoms with Gasteiger partial charge < -0.3 is 14.6 Å². The van der Waals surface area contributed by atoms with Crippen molar-refractivity contribution >= 4 is 16.8 Å². The zero-order valence-corrected chi connectivity index (χ0v) is 14.0. The summed E-state index contributed by atoms with van der Waals surface area (Å²) in [6.45, 7) is 1.08. The molecule has 0 bridgehead atoms. The molecule has 1 aromatic heterocycles. The first-order valence-corrected chi connectivity index (χ1v) is 8.32. The fraction of sp³-hybridized carbons (Fsp3) is 0.0952. The van der Waals surface area contributed by atoms with Crippen molar-refractivity contribution in [2.75, 3.05) is 5.32 Å². The van der Waals surface area contributed by atoms with E-state index in [1.165, 1.54) is 12.1 Å². The van der Waals surface area contributed by atoms with Crippen LogP contribution in [0.5, 0.6) is 5.75 Å². The SMILES string of the molecule is Fc1ccc2c(NCc3cccc(OCc4ccccc4)c3)noc2c1. The van der Waals surface area contributed by atoms with Gasteiger partial charge in [-0.1, -0.05) is 47.6 Å². The van der Waals surface area contributed by atoms with Crippen LogP contribution in [0.25, 0.3) is 11.0 Å². The summed E-state index contributed by atoms with van der Waals surface area (Å²) in [5.74, 6) is 1.05. The van der Waals surface area contributed by atoms with Crippen LogP contribution in [0.4, 0.5) is 10.2 Å². The number of rotatable bonds is 6. The Hall–Kier alpha value is -3.34. The molecule has 0 saturated carbocycles. The van der Waals surface area contributed by atoms with Crippen molar-refractivity contribution in [2.45, 2.75) is 13.2 Å². The molecule has 26 heavy (non-hydrogen) atoms. The molecule has 0 unspecified atom stereocenters. The average Bonchev–Trinajstić information content (AvgIpc) is 3.08. The highest BCUT2D eigenvalue weighted by Crippen LogP contribution is 2.24. The first-order valence-electron chi connectivity index (χ1n) is 8.32. The molecule has 1 heterocycles. The van der Waals surface area contributed by atoms with Gasteiger partial charge in [0.05, 0.1) is 5.39 Å². The third-order valence-corrected chi connectivity index (χ3v) is 4.04. The Morgan fingerprint density at radius 1 is 0.923 bits per heavy atom. The Labute approximate surface area is 150 Å². The van der Waals surface area contributed by atoms with Crippen molar-refractivity contribution in [3.05, 3.63) is 89.7 Å². The van der Waals surface area contributed by atoms with Gasteiger partial charge in [0.25, 0.3) is 0 Å². The van der Waals surface area contributed by atoms with E-state index < -0.39 is 0 Å². The molecule has 0 amide bonds. The molecule has 0 aliphatic carbocycles. The Morgan fingerprint density at radius 2 is 1.77 bits per heavy atom. The lowest BCUT2D eigenvalue weighted by atomic mass is 10.2. The normalized spacial score (nSPS) is 10.8. The van der Waals surface area contributed by atoms with Crippen LogP contribution in [-0.4, -0.2) is 5.16 Å². The van der Waals surface area contributed by atoms with Gasteiger partial charge in [0.1, 0.15) is 18.2 Å². The molecule has 0 spiro atoms. The predicted molar refractivity (Wildman–Crippen MR) is 98.5 cm³/mol. The second-order valence-electron chi connectivity index (χ2n) is 5.95. The Bertz CT molecular complexity index is 1010. The lowest BCUT2D eigenvalue weighted by molar-refractivity contribution is 0.306. The molecule has 0 aliphatic rings. The van der Waals surface area contributed by atoms with Crippen LogP contribution in [-0.2, 0) is 13.2 Å². The van der Waals surface area contributed by atoms with E-state index >= 15 is 0 Å². The minimum absolute atomic E-state index is 0.344. The van der Waals surface area contributed by atoms with Crippen LogP contribution in [0.1, 0.15) is 11.1 Å². The second-order valence-corrected chi connectivity index (χ2v) is 5.95. The van der Waals surface area contributed by atoms with Gasteiger partial charge in [-0.2, -0.15) is 0 Å². The van der Waals surface area contributed by atoms with Crippen molar-refractivity contribution < 1.29 is 13.7 Å². The van der Waals surface area contributed by atoms with Gasteiger partial charge in [0.2, 0.25) is 0 Å². The van der Waals surface area contributed by atoms with Crippen LogP contribution >= 0.6 is 0 Å². The smallest absolute Gasteiger partial charge is 0.177 e. The number of halogens is 1. The van der Waals surface area contributed by atoms with Gasteiger partial charge in [-0.15, -0.1) is 0 Å². The molecule has 0 atom stereocenters. The summed E-state index contributed by atoms with van der Waals surface area (Å²) in [7, 11) is 0. The monoisotopic (exact) mass is 348 g/mol. The molecule has 0 aliphatic heterocycles. The molecule has 4 rings (SSSR count). The lowest BCUT2D eigenvalue weighted by Crippen LogP contribution is -2.01. The summed E-state index contributed by atoms with van der Waals surface area (Å²) in [4.78, 5) is 0. The standard InChI is InChI=1S/C21H17FN2O2/c22-17-9-10-19-20(12-17)26-24-21(19)23-13-16-7-4-8-18(11-16)25-14-15-5-2-1-3-6-15/h1-12H,13-14H2,(H,23,24). The van der Waals surface area contributed by atoms with Crippen molar-refractivity contribution in [1.29, 1.82) is 0 Å². The quantitative estimate of drug-likeness (QED) is 0.523. The summed E-state index contributed by atoms with van der Waals surface area (Å²) < 4.78 is 24.2. The number of ether oxygens (including phenoxy) is 1. The fourth-order valence-electron chi connectivity index (χ4n) is 2.71. The fourth-order valence-corrected chi connectivity index (χ4v) is 2.71. The molecule has 1 N–H and O–H groups in total. The van der Waals surface area contributed by atoms with E-state index in [0.29, 0.717) is 24.6 Å². The average molecular weight is 348 g/mol. The highest BCUT2D eigenvalue weighted by molar-refractivity contribution is 5.87. The molecule has 3 aromatic carbocycles. The summed E-state index contributed by atoms with van der Waals surface area (Å²) in [5.41, 5.74) is 2.60. The Kier molecular flexibility index (Phi) is 4.51. The first-order chi connectivity index (χ1) is 12.8. The van der Waals surface area contributed by atoms with E-state index in [0.717, 1.165) is 22.3 Å². The summed E-state index contributed by atoms with van der Waals surface area (Å²) in [6, 6.07) is 22.3. The van der Waals surface area contributed by atoms with Crippen LogP contribution in [0, 0.1) is 5.82 Å². The number of aromatic nitrogens is 1. The maximum absolute atomic E-state index is 13.2. The van der Waals surface area contributed by atoms with E-state index in [2.05, 4.69) is 10.5 Å². The van der Waals surface area contributed by atoms with Gasteiger partial charge >= 0.3 is 0 Å². The summed E-state index contributed by atoms with van der Waals surface area (Å²) >= 11 is 0.